The summed E-state index contributed by atoms with van der Waals surface area (Å²) in [5, 5.41) is 9.04. The minimum absolute atomic E-state index is 0.460. The van der Waals surface area contributed by atoms with E-state index < -0.39 is 0 Å². The van der Waals surface area contributed by atoms with Crippen molar-refractivity contribution in [2.75, 3.05) is 24.0 Å². The zero-order valence-electron chi connectivity index (χ0n) is 10.1. The van der Waals surface area contributed by atoms with E-state index in [0.29, 0.717) is 6.04 Å². The van der Waals surface area contributed by atoms with Crippen molar-refractivity contribution in [3.63, 3.8) is 0 Å². The molecule has 86 valence electrons. The lowest BCUT2D eigenvalue weighted by Crippen LogP contribution is -2.29. The van der Waals surface area contributed by atoms with Crippen LogP contribution in [0.1, 0.15) is 18.9 Å². The van der Waals surface area contributed by atoms with Crippen LogP contribution >= 0.6 is 11.8 Å². The third-order valence-electron chi connectivity index (χ3n) is 2.81. The van der Waals surface area contributed by atoms with Gasteiger partial charge in [-0.25, -0.2) is 0 Å². The molecule has 0 bridgehead atoms. The number of hydrogen-bond donors (Lipinski definition) is 0. The first-order valence-electron chi connectivity index (χ1n) is 5.41. The van der Waals surface area contributed by atoms with Crippen LogP contribution in [0.5, 0.6) is 0 Å². The Bertz CT molecular complexity index is 370. The molecule has 1 aromatic rings. The molecule has 3 heteroatoms. The van der Waals surface area contributed by atoms with Crippen LogP contribution in [0.4, 0.5) is 5.69 Å². The average Bonchev–Trinajstić information content (AvgIpc) is 2.34. The highest BCUT2D eigenvalue weighted by Gasteiger charge is 2.12. The molecule has 0 radical (unpaired) electrons. The zero-order valence-corrected chi connectivity index (χ0v) is 10.9. The SMILES string of the molecule is CSCCC(C)N(C)c1ccccc1C#N. The van der Waals surface area contributed by atoms with E-state index >= 15 is 0 Å². The number of nitriles is 1. The molecule has 0 spiro atoms. The molecule has 0 amide bonds. The topological polar surface area (TPSA) is 27.0 Å². The van der Waals surface area contributed by atoms with Crippen LogP contribution in [-0.2, 0) is 0 Å². The fourth-order valence-electron chi connectivity index (χ4n) is 1.60. The number of nitrogens with zero attached hydrogens (tertiary/aromatic N) is 2. The van der Waals surface area contributed by atoms with Crippen molar-refractivity contribution < 1.29 is 0 Å². The molecule has 0 fully saturated rings. The molecule has 0 saturated heterocycles. The number of anilines is 1. The summed E-state index contributed by atoms with van der Waals surface area (Å²) in [6, 6.07) is 10.5. The molecule has 1 aromatic carbocycles. The van der Waals surface area contributed by atoms with Crippen LogP contribution in [0, 0.1) is 11.3 Å². The summed E-state index contributed by atoms with van der Waals surface area (Å²) in [6.07, 6.45) is 3.26. The smallest absolute Gasteiger partial charge is 0.101 e. The van der Waals surface area contributed by atoms with Crippen molar-refractivity contribution in [2.45, 2.75) is 19.4 Å². The van der Waals surface area contributed by atoms with E-state index in [1.54, 1.807) is 0 Å². The molecule has 1 rings (SSSR count). The number of benzene rings is 1. The fourth-order valence-corrected chi connectivity index (χ4v) is 2.17. The minimum Gasteiger partial charge on any atom is -0.371 e. The van der Waals surface area contributed by atoms with Gasteiger partial charge in [-0.15, -0.1) is 0 Å². The maximum absolute atomic E-state index is 9.04. The highest BCUT2D eigenvalue weighted by atomic mass is 32.2. The summed E-state index contributed by atoms with van der Waals surface area (Å²) >= 11 is 1.86. The highest BCUT2D eigenvalue weighted by Crippen LogP contribution is 2.21. The van der Waals surface area contributed by atoms with Gasteiger partial charge >= 0.3 is 0 Å². The van der Waals surface area contributed by atoms with E-state index in [0.717, 1.165) is 23.4 Å². The molecule has 2 nitrogen and oxygen atoms in total. The number of rotatable bonds is 5. The first kappa shape index (κ1) is 12.9. The monoisotopic (exact) mass is 234 g/mol. The van der Waals surface area contributed by atoms with Gasteiger partial charge in [-0.05, 0) is 37.5 Å². The van der Waals surface area contributed by atoms with Gasteiger partial charge in [0.1, 0.15) is 6.07 Å². The largest absolute Gasteiger partial charge is 0.371 e. The van der Waals surface area contributed by atoms with Crippen LogP contribution in [-0.4, -0.2) is 25.1 Å². The van der Waals surface area contributed by atoms with Gasteiger partial charge in [0, 0.05) is 13.1 Å². The van der Waals surface area contributed by atoms with Gasteiger partial charge in [-0.1, -0.05) is 12.1 Å². The van der Waals surface area contributed by atoms with Crippen molar-refractivity contribution in [1.82, 2.24) is 0 Å². The Morgan fingerprint density at radius 1 is 1.44 bits per heavy atom. The second-order valence-corrected chi connectivity index (χ2v) is 4.86. The predicted octanol–water partition coefficient (Wildman–Crippen LogP) is 3.14. The lowest BCUT2D eigenvalue weighted by Gasteiger charge is -2.27. The molecule has 0 heterocycles. The van der Waals surface area contributed by atoms with Gasteiger partial charge in [-0.3, -0.25) is 0 Å². The average molecular weight is 234 g/mol. The van der Waals surface area contributed by atoms with Crippen LogP contribution in [0.2, 0.25) is 0 Å². The van der Waals surface area contributed by atoms with Crippen LogP contribution < -0.4 is 4.90 Å². The van der Waals surface area contributed by atoms with Gasteiger partial charge < -0.3 is 4.90 Å². The number of para-hydroxylation sites is 1. The zero-order chi connectivity index (χ0) is 12.0. The van der Waals surface area contributed by atoms with E-state index in [1.807, 2.05) is 36.0 Å². The Morgan fingerprint density at radius 3 is 2.75 bits per heavy atom. The Morgan fingerprint density at radius 2 is 2.12 bits per heavy atom. The molecule has 1 unspecified atom stereocenters. The summed E-state index contributed by atoms with van der Waals surface area (Å²) in [7, 11) is 2.06. The predicted molar refractivity (Wildman–Crippen MR) is 72.0 cm³/mol. The van der Waals surface area contributed by atoms with Gasteiger partial charge in [0.25, 0.3) is 0 Å². The Labute approximate surface area is 102 Å². The van der Waals surface area contributed by atoms with Crippen molar-refractivity contribution in [3.8, 4) is 6.07 Å². The maximum atomic E-state index is 9.04. The Hall–Kier alpha value is -1.14. The summed E-state index contributed by atoms with van der Waals surface area (Å²) in [4.78, 5) is 2.19. The summed E-state index contributed by atoms with van der Waals surface area (Å²) in [5.41, 5.74) is 1.78. The minimum atomic E-state index is 0.460. The third-order valence-corrected chi connectivity index (χ3v) is 3.45. The Kier molecular flexibility index (Phi) is 5.21. The van der Waals surface area contributed by atoms with E-state index in [1.165, 1.54) is 0 Å². The lowest BCUT2D eigenvalue weighted by atomic mass is 10.1. The Balaban J connectivity index is 2.79. The van der Waals surface area contributed by atoms with Crippen molar-refractivity contribution >= 4 is 17.4 Å². The molecule has 16 heavy (non-hydrogen) atoms. The van der Waals surface area contributed by atoms with E-state index in [2.05, 4.69) is 31.2 Å². The molecule has 0 aliphatic rings. The third kappa shape index (κ3) is 3.18. The highest BCUT2D eigenvalue weighted by molar-refractivity contribution is 7.98. The molecule has 0 aliphatic carbocycles. The van der Waals surface area contributed by atoms with Crippen molar-refractivity contribution in [3.05, 3.63) is 29.8 Å². The quantitative estimate of drug-likeness (QED) is 0.783. The lowest BCUT2D eigenvalue weighted by molar-refractivity contribution is 0.669. The molecule has 1 atom stereocenters. The van der Waals surface area contributed by atoms with Gasteiger partial charge in [0.2, 0.25) is 0 Å². The van der Waals surface area contributed by atoms with Crippen LogP contribution in [0.3, 0.4) is 0 Å². The molecule has 0 aliphatic heterocycles. The summed E-state index contributed by atoms with van der Waals surface area (Å²) in [6.45, 7) is 2.20. The molecular weight excluding hydrogens is 216 g/mol. The molecule has 0 aromatic heterocycles. The summed E-state index contributed by atoms with van der Waals surface area (Å²) in [5.74, 6) is 1.15. The number of hydrogen-bond acceptors (Lipinski definition) is 3. The van der Waals surface area contributed by atoms with Crippen LogP contribution in [0.15, 0.2) is 24.3 Å². The standard InChI is InChI=1S/C13H18N2S/c1-11(8-9-16-3)15(2)13-7-5-4-6-12(13)10-14/h4-7,11H,8-9H2,1-3H3. The van der Waals surface area contributed by atoms with Crippen molar-refractivity contribution in [1.29, 1.82) is 5.26 Å². The van der Waals surface area contributed by atoms with E-state index in [4.69, 9.17) is 5.26 Å². The first-order chi connectivity index (χ1) is 7.70. The summed E-state index contributed by atoms with van der Waals surface area (Å²) < 4.78 is 0. The second kappa shape index (κ2) is 6.44. The fraction of sp³-hybridized carbons (Fsp3) is 0.462. The van der Waals surface area contributed by atoms with Gasteiger partial charge in [0.05, 0.1) is 11.3 Å². The maximum Gasteiger partial charge on any atom is 0.101 e. The normalized spacial score (nSPS) is 11.9. The number of thioether (sulfide) groups is 1. The second-order valence-electron chi connectivity index (χ2n) is 3.87. The molecular formula is C13H18N2S. The van der Waals surface area contributed by atoms with E-state index in [-0.39, 0.29) is 0 Å². The van der Waals surface area contributed by atoms with Gasteiger partial charge in [0.15, 0.2) is 0 Å². The van der Waals surface area contributed by atoms with Gasteiger partial charge in [-0.2, -0.15) is 17.0 Å². The molecule has 0 N–H and O–H groups in total. The van der Waals surface area contributed by atoms with Crippen molar-refractivity contribution in [2.24, 2.45) is 0 Å². The van der Waals surface area contributed by atoms with E-state index in [9.17, 15) is 0 Å². The molecule has 0 saturated carbocycles. The first-order valence-corrected chi connectivity index (χ1v) is 6.81. The van der Waals surface area contributed by atoms with Crippen LogP contribution in [0.25, 0.3) is 0 Å².